The SMILES string of the molecule is CC(C)C1=CCC(CCc2ccsc2)OC1=O. The molecule has 0 N–H and O–H groups in total. The fourth-order valence-electron chi connectivity index (χ4n) is 2.02. The van der Waals surface area contributed by atoms with Gasteiger partial charge >= 0.3 is 5.97 Å². The first kappa shape index (κ1) is 12.4. The third-order valence-corrected chi connectivity index (χ3v) is 3.80. The zero-order valence-corrected chi connectivity index (χ0v) is 11.1. The van der Waals surface area contributed by atoms with E-state index in [1.54, 1.807) is 11.3 Å². The van der Waals surface area contributed by atoms with Crippen LogP contribution in [0.1, 0.15) is 32.3 Å². The van der Waals surface area contributed by atoms with E-state index in [4.69, 9.17) is 4.74 Å². The number of cyclic esters (lactones) is 1. The first-order chi connectivity index (χ1) is 8.16. The molecule has 17 heavy (non-hydrogen) atoms. The number of esters is 1. The Labute approximate surface area is 106 Å². The van der Waals surface area contributed by atoms with Crippen LogP contribution in [0.3, 0.4) is 0 Å². The van der Waals surface area contributed by atoms with E-state index < -0.39 is 0 Å². The van der Waals surface area contributed by atoms with Crippen LogP contribution in [0.15, 0.2) is 28.5 Å². The molecule has 0 saturated heterocycles. The van der Waals surface area contributed by atoms with Gasteiger partial charge in [0.2, 0.25) is 0 Å². The molecule has 1 aliphatic rings. The van der Waals surface area contributed by atoms with Crippen LogP contribution in [-0.2, 0) is 16.0 Å². The second-order valence-corrected chi connectivity index (χ2v) is 5.53. The van der Waals surface area contributed by atoms with E-state index >= 15 is 0 Å². The van der Waals surface area contributed by atoms with Crippen molar-refractivity contribution < 1.29 is 9.53 Å². The minimum atomic E-state index is -0.124. The van der Waals surface area contributed by atoms with E-state index in [9.17, 15) is 4.79 Å². The zero-order chi connectivity index (χ0) is 12.3. The number of hydrogen-bond acceptors (Lipinski definition) is 3. The van der Waals surface area contributed by atoms with Crippen LogP contribution in [-0.4, -0.2) is 12.1 Å². The van der Waals surface area contributed by atoms with Crippen LogP contribution in [0.25, 0.3) is 0 Å². The molecule has 0 aliphatic carbocycles. The minimum absolute atomic E-state index is 0.0601. The standard InChI is InChI=1S/C14H18O2S/c1-10(2)13-6-5-12(16-14(13)15)4-3-11-7-8-17-9-11/h6-10,12H,3-5H2,1-2H3. The van der Waals surface area contributed by atoms with Crippen molar-refractivity contribution in [1.29, 1.82) is 0 Å². The van der Waals surface area contributed by atoms with Crippen molar-refractivity contribution in [2.75, 3.05) is 0 Å². The summed E-state index contributed by atoms with van der Waals surface area (Å²) in [6, 6.07) is 2.13. The molecule has 2 nitrogen and oxygen atoms in total. The van der Waals surface area contributed by atoms with E-state index in [0.29, 0.717) is 0 Å². The van der Waals surface area contributed by atoms with Crippen LogP contribution in [0.2, 0.25) is 0 Å². The topological polar surface area (TPSA) is 26.3 Å². The molecule has 0 aromatic carbocycles. The minimum Gasteiger partial charge on any atom is -0.459 e. The molecule has 1 atom stereocenters. The molecule has 1 aromatic heterocycles. The maximum absolute atomic E-state index is 11.7. The average molecular weight is 250 g/mol. The molecule has 0 spiro atoms. The molecule has 92 valence electrons. The summed E-state index contributed by atoms with van der Waals surface area (Å²) in [5, 5.41) is 4.24. The molecule has 0 bridgehead atoms. The summed E-state index contributed by atoms with van der Waals surface area (Å²) >= 11 is 1.71. The maximum atomic E-state index is 11.7. The maximum Gasteiger partial charge on any atom is 0.334 e. The Kier molecular flexibility index (Phi) is 4.00. The largest absolute Gasteiger partial charge is 0.459 e. The highest BCUT2D eigenvalue weighted by Crippen LogP contribution is 2.23. The molecule has 3 heteroatoms. The molecule has 2 heterocycles. The first-order valence-electron chi connectivity index (χ1n) is 6.09. The average Bonchev–Trinajstić information content (AvgIpc) is 2.78. The summed E-state index contributed by atoms with van der Waals surface area (Å²) in [6.07, 6.45) is 4.89. The third-order valence-electron chi connectivity index (χ3n) is 3.07. The number of ether oxygens (including phenoxy) is 1. The monoisotopic (exact) mass is 250 g/mol. The molecular weight excluding hydrogens is 232 g/mol. The van der Waals surface area contributed by atoms with Crippen molar-refractivity contribution in [1.82, 2.24) is 0 Å². The van der Waals surface area contributed by atoms with Gasteiger partial charge in [-0.05, 0) is 41.1 Å². The van der Waals surface area contributed by atoms with Gasteiger partial charge in [-0.3, -0.25) is 0 Å². The number of carbonyl (C=O) groups excluding carboxylic acids is 1. The lowest BCUT2D eigenvalue weighted by Gasteiger charge is -2.23. The number of thiophene rings is 1. The smallest absolute Gasteiger partial charge is 0.334 e. The van der Waals surface area contributed by atoms with Gasteiger partial charge in [-0.2, -0.15) is 11.3 Å². The van der Waals surface area contributed by atoms with E-state index in [2.05, 4.69) is 22.9 Å². The Morgan fingerprint density at radius 3 is 2.94 bits per heavy atom. The van der Waals surface area contributed by atoms with Crippen LogP contribution in [0.5, 0.6) is 0 Å². The summed E-state index contributed by atoms with van der Waals surface area (Å²) in [6.45, 7) is 4.05. The Balaban J connectivity index is 1.87. The highest BCUT2D eigenvalue weighted by atomic mass is 32.1. The molecular formula is C14H18O2S. The Morgan fingerprint density at radius 2 is 2.35 bits per heavy atom. The van der Waals surface area contributed by atoms with Crippen LogP contribution >= 0.6 is 11.3 Å². The normalized spacial score (nSPS) is 20.3. The predicted octanol–water partition coefficient (Wildman–Crippen LogP) is 3.58. The van der Waals surface area contributed by atoms with E-state index in [1.165, 1.54) is 5.56 Å². The van der Waals surface area contributed by atoms with Crippen molar-refractivity contribution in [3.8, 4) is 0 Å². The fourth-order valence-corrected chi connectivity index (χ4v) is 2.72. The summed E-state index contributed by atoms with van der Waals surface area (Å²) in [4.78, 5) is 11.7. The van der Waals surface area contributed by atoms with Crippen molar-refractivity contribution >= 4 is 17.3 Å². The van der Waals surface area contributed by atoms with Gasteiger partial charge < -0.3 is 4.74 Å². The van der Waals surface area contributed by atoms with Crippen molar-refractivity contribution in [3.63, 3.8) is 0 Å². The molecule has 1 unspecified atom stereocenters. The van der Waals surface area contributed by atoms with Gasteiger partial charge in [0.1, 0.15) is 6.10 Å². The molecule has 0 saturated carbocycles. The van der Waals surface area contributed by atoms with Gasteiger partial charge in [0.15, 0.2) is 0 Å². The van der Waals surface area contributed by atoms with E-state index in [0.717, 1.165) is 24.8 Å². The van der Waals surface area contributed by atoms with Gasteiger partial charge in [-0.25, -0.2) is 4.79 Å². The molecule has 2 rings (SSSR count). The first-order valence-corrected chi connectivity index (χ1v) is 7.03. The third kappa shape index (κ3) is 3.19. The fraction of sp³-hybridized carbons (Fsp3) is 0.500. The molecule has 0 fully saturated rings. The Morgan fingerprint density at radius 1 is 1.53 bits per heavy atom. The molecule has 0 amide bonds. The molecule has 1 aromatic rings. The zero-order valence-electron chi connectivity index (χ0n) is 10.3. The lowest BCUT2D eigenvalue weighted by molar-refractivity contribution is -0.146. The Bertz CT molecular complexity index is 404. The van der Waals surface area contributed by atoms with E-state index in [1.807, 2.05) is 13.8 Å². The summed E-state index contributed by atoms with van der Waals surface area (Å²) < 4.78 is 5.45. The number of rotatable bonds is 4. The second-order valence-electron chi connectivity index (χ2n) is 4.75. The number of hydrogen-bond donors (Lipinski definition) is 0. The van der Waals surface area contributed by atoms with Gasteiger partial charge in [0.05, 0.1) is 0 Å². The van der Waals surface area contributed by atoms with Crippen molar-refractivity contribution in [3.05, 3.63) is 34.0 Å². The summed E-state index contributed by atoms with van der Waals surface area (Å²) in [7, 11) is 0. The highest BCUT2D eigenvalue weighted by molar-refractivity contribution is 7.07. The van der Waals surface area contributed by atoms with Crippen LogP contribution in [0, 0.1) is 5.92 Å². The summed E-state index contributed by atoms with van der Waals surface area (Å²) in [5.74, 6) is 0.141. The molecule has 0 radical (unpaired) electrons. The number of carbonyl (C=O) groups is 1. The second kappa shape index (κ2) is 5.50. The van der Waals surface area contributed by atoms with Crippen molar-refractivity contribution in [2.45, 2.75) is 39.2 Å². The highest BCUT2D eigenvalue weighted by Gasteiger charge is 2.24. The molecule has 1 aliphatic heterocycles. The van der Waals surface area contributed by atoms with Gasteiger partial charge in [0.25, 0.3) is 0 Å². The van der Waals surface area contributed by atoms with Gasteiger partial charge in [0, 0.05) is 12.0 Å². The van der Waals surface area contributed by atoms with Crippen molar-refractivity contribution in [2.24, 2.45) is 5.92 Å². The quantitative estimate of drug-likeness (QED) is 0.763. The lowest BCUT2D eigenvalue weighted by atomic mass is 9.97. The van der Waals surface area contributed by atoms with E-state index in [-0.39, 0.29) is 18.0 Å². The van der Waals surface area contributed by atoms with Gasteiger partial charge in [-0.15, -0.1) is 0 Å². The lowest BCUT2D eigenvalue weighted by Crippen LogP contribution is -2.26. The van der Waals surface area contributed by atoms with Crippen LogP contribution in [0.4, 0.5) is 0 Å². The predicted molar refractivity (Wildman–Crippen MR) is 70.1 cm³/mol. The number of aryl methyl sites for hydroxylation is 1. The van der Waals surface area contributed by atoms with Crippen LogP contribution < -0.4 is 0 Å². The van der Waals surface area contributed by atoms with Gasteiger partial charge in [-0.1, -0.05) is 19.9 Å². The summed E-state index contributed by atoms with van der Waals surface area (Å²) in [5.41, 5.74) is 2.17. The Hall–Kier alpha value is -1.09.